The van der Waals surface area contributed by atoms with E-state index in [1.165, 1.54) is 0 Å². The Kier molecular flexibility index (Phi) is 2.86. The zero-order chi connectivity index (χ0) is 14.5. The van der Waals surface area contributed by atoms with E-state index in [0.29, 0.717) is 0 Å². The van der Waals surface area contributed by atoms with Crippen molar-refractivity contribution >= 4 is 11.6 Å². The molecule has 1 aliphatic carbocycles. The van der Waals surface area contributed by atoms with Crippen LogP contribution >= 0.6 is 0 Å². The molecule has 1 aromatic rings. The first-order valence-corrected chi connectivity index (χ1v) is 7.49. The molecule has 1 aromatic carbocycles. The second-order valence-corrected chi connectivity index (χ2v) is 7.24. The molecule has 1 unspecified atom stereocenters. The van der Waals surface area contributed by atoms with Crippen molar-refractivity contribution in [2.24, 2.45) is 10.8 Å². The Morgan fingerprint density at radius 2 is 1.85 bits per heavy atom. The van der Waals surface area contributed by atoms with Crippen LogP contribution in [0.25, 0.3) is 0 Å². The molecule has 1 atom stereocenters. The van der Waals surface area contributed by atoms with Crippen molar-refractivity contribution in [3.05, 3.63) is 29.8 Å². The van der Waals surface area contributed by atoms with Crippen LogP contribution in [0.15, 0.2) is 24.3 Å². The third-order valence-electron chi connectivity index (χ3n) is 5.71. The maximum absolute atomic E-state index is 12.6. The number of fused-ring (bicyclic) bond motifs is 1. The first-order valence-electron chi connectivity index (χ1n) is 7.49. The van der Waals surface area contributed by atoms with Gasteiger partial charge in [0.05, 0.1) is 5.92 Å². The van der Waals surface area contributed by atoms with Crippen molar-refractivity contribution in [1.82, 2.24) is 5.32 Å². The van der Waals surface area contributed by atoms with Gasteiger partial charge in [0.1, 0.15) is 0 Å². The molecule has 0 radical (unpaired) electrons. The number of carbonyl (C=O) groups is 1. The van der Waals surface area contributed by atoms with Crippen molar-refractivity contribution in [3.8, 4) is 0 Å². The molecule has 2 N–H and O–H groups in total. The van der Waals surface area contributed by atoms with Crippen molar-refractivity contribution in [2.75, 3.05) is 11.9 Å². The molecule has 0 aromatic heterocycles. The highest BCUT2D eigenvalue weighted by molar-refractivity contribution is 5.87. The van der Waals surface area contributed by atoms with E-state index in [-0.39, 0.29) is 28.7 Å². The first kappa shape index (κ1) is 13.5. The summed E-state index contributed by atoms with van der Waals surface area (Å²) in [5, 5.41) is 6.65. The minimum atomic E-state index is -0.0142. The molecule has 1 saturated carbocycles. The van der Waals surface area contributed by atoms with Crippen molar-refractivity contribution < 1.29 is 4.79 Å². The molecule has 3 rings (SSSR count). The van der Waals surface area contributed by atoms with Gasteiger partial charge in [-0.3, -0.25) is 4.79 Å². The smallest absolute Gasteiger partial charge is 0.227 e. The van der Waals surface area contributed by atoms with E-state index in [4.69, 9.17) is 0 Å². The largest absolute Gasteiger partial charge is 0.385 e. The van der Waals surface area contributed by atoms with Crippen molar-refractivity contribution in [2.45, 2.75) is 46.1 Å². The Morgan fingerprint density at radius 1 is 1.20 bits per heavy atom. The van der Waals surface area contributed by atoms with Crippen LogP contribution in [-0.2, 0) is 4.79 Å². The molecule has 1 fully saturated rings. The standard InChI is InChI=1S/C17H24N2O/c1-16(2)15(17(16,3)4)19-14(20)12-9-10-18-13-8-6-5-7-11(12)13/h5-8,12,15,18H,9-10H2,1-4H3,(H,19,20). The first-order chi connectivity index (χ1) is 9.35. The minimum Gasteiger partial charge on any atom is -0.385 e. The Bertz CT molecular complexity index is 534. The normalized spacial score (nSPS) is 26.3. The predicted molar refractivity (Wildman–Crippen MR) is 81.8 cm³/mol. The Balaban J connectivity index is 1.77. The van der Waals surface area contributed by atoms with Gasteiger partial charge in [0.15, 0.2) is 0 Å². The number of carbonyl (C=O) groups excluding carboxylic acids is 1. The van der Waals surface area contributed by atoms with Crippen LogP contribution in [0, 0.1) is 10.8 Å². The summed E-state index contributed by atoms with van der Waals surface area (Å²) in [4.78, 5) is 12.6. The molecule has 3 heteroatoms. The number of amides is 1. The van der Waals surface area contributed by atoms with E-state index in [2.05, 4.69) is 50.5 Å². The van der Waals surface area contributed by atoms with Crippen LogP contribution in [0.1, 0.15) is 45.6 Å². The molecular weight excluding hydrogens is 248 g/mol. The van der Waals surface area contributed by atoms with Gasteiger partial charge in [0, 0.05) is 18.3 Å². The van der Waals surface area contributed by atoms with Crippen LogP contribution in [0.5, 0.6) is 0 Å². The third-order valence-corrected chi connectivity index (χ3v) is 5.71. The molecule has 2 aliphatic rings. The van der Waals surface area contributed by atoms with Gasteiger partial charge in [0.2, 0.25) is 5.91 Å². The molecule has 108 valence electrons. The highest BCUT2D eigenvalue weighted by Crippen LogP contribution is 2.62. The molecule has 0 saturated heterocycles. The summed E-state index contributed by atoms with van der Waals surface area (Å²) < 4.78 is 0. The van der Waals surface area contributed by atoms with Crippen LogP contribution in [-0.4, -0.2) is 18.5 Å². The fourth-order valence-electron chi connectivity index (χ4n) is 3.54. The van der Waals surface area contributed by atoms with Gasteiger partial charge in [-0.15, -0.1) is 0 Å². The van der Waals surface area contributed by atoms with E-state index in [0.717, 1.165) is 24.2 Å². The Labute approximate surface area is 121 Å². The van der Waals surface area contributed by atoms with Crippen LogP contribution in [0.3, 0.4) is 0 Å². The second kappa shape index (κ2) is 4.24. The van der Waals surface area contributed by atoms with Gasteiger partial charge in [-0.05, 0) is 28.9 Å². The number of hydrogen-bond acceptors (Lipinski definition) is 2. The number of rotatable bonds is 2. The Hall–Kier alpha value is -1.51. The van der Waals surface area contributed by atoms with Crippen molar-refractivity contribution in [1.29, 1.82) is 0 Å². The maximum Gasteiger partial charge on any atom is 0.227 e. The zero-order valence-corrected chi connectivity index (χ0v) is 12.8. The van der Waals surface area contributed by atoms with E-state index < -0.39 is 0 Å². The highest BCUT2D eigenvalue weighted by atomic mass is 16.2. The SMILES string of the molecule is CC1(C)C(NC(=O)C2CCNc3ccccc32)C1(C)C. The van der Waals surface area contributed by atoms with Gasteiger partial charge < -0.3 is 10.6 Å². The summed E-state index contributed by atoms with van der Waals surface area (Å²) in [5.74, 6) is 0.169. The van der Waals surface area contributed by atoms with Gasteiger partial charge >= 0.3 is 0 Å². The molecule has 20 heavy (non-hydrogen) atoms. The summed E-state index contributed by atoms with van der Waals surface area (Å²) >= 11 is 0. The molecule has 1 amide bonds. The average molecular weight is 272 g/mol. The lowest BCUT2D eigenvalue weighted by atomic mass is 9.90. The van der Waals surface area contributed by atoms with Crippen LogP contribution in [0.2, 0.25) is 0 Å². The number of hydrogen-bond donors (Lipinski definition) is 2. The van der Waals surface area contributed by atoms with Gasteiger partial charge in [0.25, 0.3) is 0 Å². The highest BCUT2D eigenvalue weighted by Gasteiger charge is 2.65. The monoisotopic (exact) mass is 272 g/mol. The van der Waals surface area contributed by atoms with Crippen LogP contribution in [0.4, 0.5) is 5.69 Å². The Morgan fingerprint density at radius 3 is 2.50 bits per heavy atom. The van der Waals surface area contributed by atoms with Gasteiger partial charge in [-0.1, -0.05) is 45.9 Å². The molecule has 3 nitrogen and oxygen atoms in total. The summed E-state index contributed by atoms with van der Waals surface area (Å²) in [6, 6.07) is 8.43. The lowest BCUT2D eigenvalue weighted by molar-refractivity contribution is -0.123. The molecule has 1 aliphatic heterocycles. The topological polar surface area (TPSA) is 41.1 Å². The minimum absolute atomic E-state index is 0.0142. The molecule has 1 heterocycles. The molecule has 0 bridgehead atoms. The second-order valence-electron chi connectivity index (χ2n) is 7.24. The van der Waals surface area contributed by atoms with Crippen molar-refractivity contribution in [3.63, 3.8) is 0 Å². The predicted octanol–water partition coefficient (Wildman–Crippen LogP) is 3.14. The van der Waals surface area contributed by atoms with Crippen LogP contribution < -0.4 is 10.6 Å². The van der Waals surface area contributed by atoms with E-state index in [1.807, 2.05) is 12.1 Å². The van der Waals surface area contributed by atoms with Gasteiger partial charge in [-0.25, -0.2) is 0 Å². The van der Waals surface area contributed by atoms with Gasteiger partial charge in [-0.2, -0.15) is 0 Å². The summed E-state index contributed by atoms with van der Waals surface area (Å²) in [6.07, 6.45) is 0.871. The molecular formula is C17H24N2O. The number of para-hydroxylation sites is 1. The molecule has 0 spiro atoms. The summed E-state index contributed by atoms with van der Waals surface area (Å²) in [6.45, 7) is 9.79. The number of nitrogens with one attached hydrogen (secondary N) is 2. The van der Waals surface area contributed by atoms with E-state index >= 15 is 0 Å². The van der Waals surface area contributed by atoms with E-state index in [9.17, 15) is 4.79 Å². The maximum atomic E-state index is 12.6. The van der Waals surface area contributed by atoms with E-state index in [1.54, 1.807) is 0 Å². The zero-order valence-electron chi connectivity index (χ0n) is 12.8. The lowest BCUT2D eigenvalue weighted by Crippen LogP contribution is -2.36. The quantitative estimate of drug-likeness (QED) is 0.868. The number of benzene rings is 1. The fraction of sp³-hybridized carbons (Fsp3) is 0.588. The number of anilines is 1. The fourth-order valence-corrected chi connectivity index (χ4v) is 3.54. The average Bonchev–Trinajstić information content (AvgIpc) is 2.80. The summed E-state index contributed by atoms with van der Waals surface area (Å²) in [7, 11) is 0. The third kappa shape index (κ3) is 1.83. The summed E-state index contributed by atoms with van der Waals surface area (Å²) in [5.41, 5.74) is 2.62. The lowest BCUT2D eigenvalue weighted by Gasteiger charge is -2.26.